The summed E-state index contributed by atoms with van der Waals surface area (Å²) in [6.07, 6.45) is 1.25. The molecule has 2 aromatic rings. The predicted molar refractivity (Wildman–Crippen MR) is 73.8 cm³/mol. The number of aromatic nitrogens is 1. The summed E-state index contributed by atoms with van der Waals surface area (Å²) in [5.74, 6) is 0.0852. The minimum Gasteiger partial charge on any atom is -0.322 e. The van der Waals surface area contributed by atoms with Crippen LogP contribution in [0.25, 0.3) is 0 Å². The van der Waals surface area contributed by atoms with Crippen molar-refractivity contribution in [2.24, 2.45) is 5.73 Å². The van der Waals surface area contributed by atoms with Crippen LogP contribution in [0.4, 0.5) is 0 Å². The second-order valence-electron chi connectivity index (χ2n) is 4.27. The molecule has 1 aromatic carbocycles. The molecule has 1 aromatic heterocycles. The van der Waals surface area contributed by atoms with Gasteiger partial charge in [0.25, 0.3) is 0 Å². The van der Waals surface area contributed by atoms with Gasteiger partial charge in [0.05, 0.1) is 6.04 Å². The smallest absolute Gasteiger partial charge is 0.182 e. The fraction of sp³-hybridized carbons (Fsp3) is 0.286. The zero-order valence-corrected chi connectivity index (χ0v) is 11.1. The van der Waals surface area contributed by atoms with Crippen LogP contribution in [0.15, 0.2) is 35.7 Å². The summed E-state index contributed by atoms with van der Waals surface area (Å²) in [6.45, 7) is 1.87. The Morgan fingerprint density at radius 1 is 1.39 bits per heavy atom. The summed E-state index contributed by atoms with van der Waals surface area (Å²) in [6, 6.07) is 9.89. The Hall–Kier alpha value is -1.52. The zero-order chi connectivity index (χ0) is 13.0. The second kappa shape index (κ2) is 5.89. The molecule has 1 heterocycles. The van der Waals surface area contributed by atoms with E-state index < -0.39 is 0 Å². The maximum absolute atomic E-state index is 12.0. The molecule has 18 heavy (non-hydrogen) atoms. The molecule has 0 bridgehead atoms. The molecule has 0 aliphatic rings. The number of ketones is 1. The first kappa shape index (κ1) is 12.9. The molecule has 0 saturated heterocycles. The van der Waals surface area contributed by atoms with Crippen molar-refractivity contribution in [1.82, 2.24) is 4.98 Å². The lowest BCUT2D eigenvalue weighted by atomic mass is 10.1. The lowest BCUT2D eigenvalue weighted by Crippen LogP contribution is -2.06. The van der Waals surface area contributed by atoms with Gasteiger partial charge in [0.1, 0.15) is 10.7 Å². The molecule has 3 nitrogen and oxygen atoms in total. The zero-order valence-electron chi connectivity index (χ0n) is 10.3. The fourth-order valence-electron chi connectivity index (χ4n) is 1.66. The van der Waals surface area contributed by atoms with Crippen molar-refractivity contribution in [3.63, 3.8) is 0 Å². The number of nitrogens with two attached hydrogens (primary N) is 1. The SMILES string of the molecule is CC(N)c1nc(C(=O)CCc2ccccc2)cs1. The van der Waals surface area contributed by atoms with Crippen LogP contribution in [0.1, 0.15) is 40.4 Å². The monoisotopic (exact) mass is 260 g/mol. The molecule has 0 amide bonds. The first-order valence-corrected chi connectivity index (χ1v) is 6.83. The van der Waals surface area contributed by atoms with Gasteiger partial charge in [-0.3, -0.25) is 4.79 Å². The normalized spacial score (nSPS) is 12.3. The molecule has 94 valence electrons. The van der Waals surface area contributed by atoms with Crippen molar-refractivity contribution in [3.8, 4) is 0 Å². The molecule has 2 N–H and O–H groups in total. The maximum Gasteiger partial charge on any atom is 0.182 e. The third kappa shape index (κ3) is 3.24. The summed E-state index contributed by atoms with van der Waals surface area (Å²) < 4.78 is 0. The van der Waals surface area contributed by atoms with Gasteiger partial charge >= 0.3 is 0 Å². The Labute approximate surface area is 111 Å². The molecule has 0 radical (unpaired) electrons. The van der Waals surface area contributed by atoms with Crippen LogP contribution in [-0.2, 0) is 6.42 Å². The first-order chi connectivity index (χ1) is 8.66. The van der Waals surface area contributed by atoms with E-state index >= 15 is 0 Å². The number of hydrogen-bond donors (Lipinski definition) is 1. The number of hydrogen-bond acceptors (Lipinski definition) is 4. The van der Waals surface area contributed by atoms with E-state index in [9.17, 15) is 4.79 Å². The van der Waals surface area contributed by atoms with Gasteiger partial charge in [-0.15, -0.1) is 11.3 Å². The van der Waals surface area contributed by atoms with Gasteiger partial charge < -0.3 is 5.73 Å². The first-order valence-electron chi connectivity index (χ1n) is 5.95. The summed E-state index contributed by atoms with van der Waals surface area (Å²) >= 11 is 1.45. The minimum absolute atomic E-state index is 0.0852. The van der Waals surface area contributed by atoms with Crippen molar-refractivity contribution < 1.29 is 4.79 Å². The molecular formula is C14H16N2OS. The van der Waals surface area contributed by atoms with Crippen LogP contribution in [0.5, 0.6) is 0 Å². The standard InChI is InChI=1S/C14H16N2OS/c1-10(15)14-16-12(9-18-14)13(17)8-7-11-5-3-2-4-6-11/h2-6,9-10H,7-8,15H2,1H3. The largest absolute Gasteiger partial charge is 0.322 e. The molecule has 2 rings (SSSR count). The lowest BCUT2D eigenvalue weighted by molar-refractivity contribution is 0.0978. The number of nitrogens with zero attached hydrogens (tertiary/aromatic N) is 1. The van der Waals surface area contributed by atoms with Crippen LogP contribution in [0.2, 0.25) is 0 Å². The Morgan fingerprint density at radius 2 is 2.11 bits per heavy atom. The highest BCUT2D eigenvalue weighted by Crippen LogP contribution is 2.17. The molecule has 0 aliphatic heterocycles. The van der Waals surface area contributed by atoms with Crippen molar-refractivity contribution in [2.45, 2.75) is 25.8 Å². The number of carbonyl (C=O) groups is 1. The molecule has 1 unspecified atom stereocenters. The summed E-state index contributed by atoms with van der Waals surface area (Å²) in [5, 5.41) is 2.62. The predicted octanol–water partition coefficient (Wildman–Crippen LogP) is 2.98. The average Bonchev–Trinajstić information content (AvgIpc) is 2.87. The average molecular weight is 260 g/mol. The van der Waals surface area contributed by atoms with E-state index in [4.69, 9.17) is 5.73 Å². The Morgan fingerprint density at radius 3 is 2.72 bits per heavy atom. The van der Waals surface area contributed by atoms with Gasteiger partial charge in [-0.05, 0) is 18.9 Å². The third-order valence-corrected chi connectivity index (χ3v) is 3.73. The van der Waals surface area contributed by atoms with E-state index in [2.05, 4.69) is 4.98 Å². The van der Waals surface area contributed by atoms with E-state index in [0.717, 1.165) is 11.4 Å². The number of rotatable bonds is 5. The quantitative estimate of drug-likeness (QED) is 0.841. The Bertz CT molecular complexity index is 520. The van der Waals surface area contributed by atoms with Crippen LogP contribution < -0.4 is 5.73 Å². The highest BCUT2D eigenvalue weighted by molar-refractivity contribution is 7.09. The van der Waals surface area contributed by atoms with Crippen LogP contribution in [0, 0.1) is 0 Å². The lowest BCUT2D eigenvalue weighted by Gasteiger charge is -1.99. The van der Waals surface area contributed by atoms with Gasteiger partial charge in [-0.25, -0.2) is 4.98 Å². The van der Waals surface area contributed by atoms with Gasteiger partial charge in [0, 0.05) is 11.8 Å². The second-order valence-corrected chi connectivity index (χ2v) is 5.16. The minimum atomic E-state index is -0.106. The third-order valence-electron chi connectivity index (χ3n) is 2.68. The molecule has 1 atom stereocenters. The molecule has 0 spiro atoms. The number of aryl methyl sites for hydroxylation is 1. The molecule has 0 fully saturated rings. The number of Topliss-reactive ketones (excluding diaryl/α,β-unsaturated/α-hetero) is 1. The Kier molecular flexibility index (Phi) is 4.23. The highest BCUT2D eigenvalue weighted by atomic mass is 32.1. The van der Waals surface area contributed by atoms with E-state index in [0.29, 0.717) is 12.1 Å². The number of carbonyl (C=O) groups excluding carboxylic acids is 1. The maximum atomic E-state index is 12.0. The van der Waals surface area contributed by atoms with Crippen molar-refractivity contribution in [2.75, 3.05) is 0 Å². The topological polar surface area (TPSA) is 56.0 Å². The summed E-state index contributed by atoms with van der Waals surface area (Å²) in [4.78, 5) is 16.2. The van der Waals surface area contributed by atoms with E-state index in [1.807, 2.05) is 37.3 Å². The number of benzene rings is 1. The molecule has 0 saturated carbocycles. The summed E-state index contributed by atoms with van der Waals surface area (Å²) in [7, 11) is 0. The molecule has 0 aliphatic carbocycles. The summed E-state index contributed by atoms with van der Waals surface area (Å²) in [5.41, 5.74) is 7.45. The van der Waals surface area contributed by atoms with Gasteiger partial charge in [0.2, 0.25) is 0 Å². The van der Waals surface area contributed by atoms with Crippen molar-refractivity contribution >= 4 is 17.1 Å². The van der Waals surface area contributed by atoms with Gasteiger partial charge in [-0.1, -0.05) is 30.3 Å². The van der Waals surface area contributed by atoms with E-state index in [-0.39, 0.29) is 11.8 Å². The molecular weight excluding hydrogens is 244 g/mol. The fourth-order valence-corrected chi connectivity index (χ4v) is 2.44. The number of thiazole rings is 1. The van der Waals surface area contributed by atoms with Crippen molar-refractivity contribution in [1.29, 1.82) is 0 Å². The van der Waals surface area contributed by atoms with Crippen LogP contribution in [0.3, 0.4) is 0 Å². The van der Waals surface area contributed by atoms with Gasteiger partial charge in [0.15, 0.2) is 5.78 Å². The highest BCUT2D eigenvalue weighted by Gasteiger charge is 2.12. The van der Waals surface area contributed by atoms with E-state index in [1.165, 1.54) is 16.9 Å². The van der Waals surface area contributed by atoms with E-state index in [1.54, 1.807) is 5.38 Å². The molecule has 4 heteroatoms. The van der Waals surface area contributed by atoms with Crippen molar-refractivity contribution in [3.05, 3.63) is 52.0 Å². The van der Waals surface area contributed by atoms with Crippen LogP contribution in [-0.4, -0.2) is 10.8 Å². The Balaban J connectivity index is 1.95. The van der Waals surface area contributed by atoms with Crippen LogP contribution >= 0.6 is 11.3 Å². The van der Waals surface area contributed by atoms with Gasteiger partial charge in [-0.2, -0.15) is 0 Å².